The number of pyridine rings is 1. The topological polar surface area (TPSA) is 76.3 Å². The van der Waals surface area contributed by atoms with Gasteiger partial charge in [-0.3, -0.25) is 4.31 Å². The molecular formula is C15H17N3O2S. The Balaban J connectivity index is 2.15. The van der Waals surface area contributed by atoms with E-state index in [2.05, 4.69) is 4.98 Å². The predicted molar refractivity (Wildman–Crippen MR) is 82.5 cm³/mol. The summed E-state index contributed by atoms with van der Waals surface area (Å²) >= 11 is 0. The van der Waals surface area contributed by atoms with Crippen LogP contribution in [-0.2, 0) is 16.4 Å². The number of nitrogens with zero attached hydrogens (tertiary/aromatic N) is 2. The molecule has 0 spiro atoms. The molecule has 2 heterocycles. The number of anilines is 2. The molecule has 1 aromatic heterocycles. The summed E-state index contributed by atoms with van der Waals surface area (Å²) in [5, 5.41) is 0. The molecule has 1 unspecified atom stereocenters. The first-order valence-corrected chi connectivity index (χ1v) is 8.28. The van der Waals surface area contributed by atoms with E-state index >= 15 is 0 Å². The third kappa shape index (κ3) is 2.35. The van der Waals surface area contributed by atoms with Gasteiger partial charge in [-0.15, -0.1) is 0 Å². The second kappa shape index (κ2) is 5.04. The van der Waals surface area contributed by atoms with Crippen molar-refractivity contribution in [2.45, 2.75) is 30.7 Å². The summed E-state index contributed by atoms with van der Waals surface area (Å²) < 4.78 is 27.4. The Morgan fingerprint density at radius 3 is 2.81 bits per heavy atom. The summed E-state index contributed by atoms with van der Waals surface area (Å²) in [6, 6.07) is 10.4. The molecule has 0 saturated heterocycles. The van der Waals surface area contributed by atoms with Gasteiger partial charge in [0.05, 0.1) is 10.6 Å². The van der Waals surface area contributed by atoms with Crippen LogP contribution >= 0.6 is 0 Å². The molecule has 21 heavy (non-hydrogen) atoms. The maximum atomic E-state index is 13.0. The van der Waals surface area contributed by atoms with Gasteiger partial charge < -0.3 is 5.73 Å². The van der Waals surface area contributed by atoms with E-state index < -0.39 is 10.0 Å². The minimum Gasteiger partial charge on any atom is -0.384 e. The zero-order valence-corrected chi connectivity index (χ0v) is 12.5. The molecule has 0 radical (unpaired) electrons. The standard InChI is InChI=1S/C15H17N3O2S/c1-11-6-7-12-4-2-3-5-14(12)18(11)21(19,20)13-8-9-17-15(16)10-13/h2-5,8-11H,6-7H2,1H3,(H2,16,17). The highest BCUT2D eigenvalue weighted by molar-refractivity contribution is 7.92. The highest BCUT2D eigenvalue weighted by Crippen LogP contribution is 2.35. The van der Waals surface area contributed by atoms with Gasteiger partial charge in [0.1, 0.15) is 5.82 Å². The average Bonchev–Trinajstić information content (AvgIpc) is 2.46. The first-order chi connectivity index (χ1) is 10.00. The molecule has 1 aliphatic rings. The molecule has 110 valence electrons. The van der Waals surface area contributed by atoms with Crippen LogP contribution in [-0.4, -0.2) is 19.4 Å². The molecule has 6 heteroatoms. The van der Waals surface area contributed by atoms with Gasteiger partial charge in [-0.25, -0.2) is 13.4 Å². The Labute approximate surface area is 124 Å². The number of aryl methyl sites for hydroxylation is 1. The highest BCUT2D eigenvalue weighted by Gasteiger charge is 2.33. The van der Waals surface area contributed by atoms with Crippen LogP contribution in [0.1, 0.15) is 18.9 Å². The van der Waals surface area contributed by atoms with Gasteiger partial charge in [0.25, 0.3) is 10.0 Å². The van der Waals surface area contributed by atoms with Crippen molar-refractivity contribution in [1.29, 1.82) is 0 Å². The normalized spacial score (nSPS) is 18.3. The molecule has 0 fully saturated rings. The maximum Gasteiger partial charge on any atom is 0.264 e. The fourth-order valence-corrected chi connectivity index (χ4v) is 4.47. The number of sulfonamides is 1. The third-order valence-corrected chi connectivity index (χ3v) is 5.69. The van der Waals surface area contributed by atoms with Crippen molar-refractivity contribution in [1.82, 2.24) is 4.98 Å². The Bertz CT molecular complexity index is 774. The summed E-state index contributed by atoms with van der Waals surface area (Å²) in [6.45, 7) is 1.93. The number of aromatic nitrogens is 1. The molecule has 1 aliphatic heterocycles. The number of nitrogens with two attached hydrogens (primary N) is 1. The smallest absolute Gasteiger partial charge is 0.264 e. The van der Waals surface area contributed by atoms with E-state index in [1.54, 1.807) is 0 Å². The Hall–Kier alpha value is -2.08. The summed E-state index contributed by atoms with van der Waals surface area (Å²) in [6.07, 6.45) is 3.11. The van der Waals surface area contributed by atoms with Gasteiger partial charge in [-0.05, 0) is 37.5 Å². The van der Waals surface area contributed by atoms with Crippen LogP contribution in [0.15, 0.2) is 47.5 Å². The van der Waals surface area contributed by atoms with Crippen LogP contribution in [0.5, 0.6) is 0 Å². The summed E-state index contributed by atoms with van der Waals surface area (Å²) in [7, 11) is -3.63. The van der Waals surface area contributed by atoms with Gasteiger partial charge in [0.15, 0.2) is 0 Å². The minimum atomic E-state index is -3.63. The fraction of sp³-hybridized carbons (Fsp3) is 0.267. The molecule has 5 nitrogen and oxygen atoms in total. The molecule has 2 N–H and O–H groups in total. The van der Waals surface area contributed by atoms with Crippen LogP contribution in [0.3, 0.4) is 0 Å². The van der Waals surface area contributed by atoms with Crippen LogP contribution in [0.2, 0.25) is 0 Å². The van der Waals surface area contributed by atoms with E-state index in [1.165, 1.54) is 22.6 Å². The van der Waals surface area contributed by atoms with Gasteiger partial charge in [0.2, 0.25) is 0 Å². The second-order valence-electron chi connectivity index (χ2n) is 5.23. The van der Waals surface area contributed by atoms with Crippen LogP contribution < -0.4 is 10.0 Å². The zero-order valence-electron chi connectivity index (χ0n) is 11.7. The molecule has 0 bridgehead atoms. The molecule has 3 rings (SSSR count). The first kappa shape index (κ1) is 13.9. The Morgan fingerprint density at radius 2 is 2.05 bits per heavy atom. The van der Waals surface area contributed by atoms with E-state index in [0.717, 1.165) is 24.1 Å². The highest BCUT2D eigenvalue weighted by atomic mass is 32.2. The minimum absolute atomic E-state index is 0.0840. The molecule has 1 aromatic carbocycles. The van der Waals surface area contributed by atoms with Crippen molar-refractivity contribution in [3.63, 3.8) is 0 Å². The lowest BCUT2D eigenvalue weighted by atomic mass is 9.99. The van der Waals surface area contributed by atoms with E-state index in [4.69, 9.17) is 5.73 Å². The lowest BCUT2D eigenvalue weighted by Crippen LogP contribution is -2.42. The number of benzene rings is 1. The van der Waals surface area contributed by atoms with Gasteiger partial charge in [-0.2, -0.15) is 0 Å². The van der Waals surface area contributed by atoms with Crippen LogP contribution in [0, 0.1) is 0 Å². The molecule has 2 aromatic rings. The monoisotopic (exact) mass is 303 g/mol. The Kier molecular flexibility index (Phi) is 3.33. The first-order valence-electron chi connectivity index (χ1n) is 6.84. The molecular weight excluding hydrogens is 286 g/mol. The fourth-order valence-electron chi connectivity index (χ4n) is 2.72. The number of hydrogen-bond acceptors (Lipinski definition) is 4. The Morgan fingerprint density at radius 1 is 1.29 bits per heavy atom. The summed E-state index contributed by atoms with van der Waals surface area (Å²) in [4.78, 5) is 4.04. The van der Waals surface area contributed by atoms with E-state index in [-0.39, 0.29) is 16.8 Å². The van der Waals surface area contributed by atoms with Gasteiger partial charge in [0, 0.05) is 18.3 Å². The van der Waals surface area contributed by atoms with Crippen molar-refractivity contribution in [3.8, 4) is 0 Å². The predicted octanol–water partition coefficient (Wildman–Crippen LogP) is 2.19. The quantitative estimate of drug-likeness (QED) is 0.922. The number of hydrogen-bond donors (Lipinski definition) is 1. The molecule has 0 amide bonds. The van der Waals surface area contributed by atoms with Crippen molar-refractivity contribution >= 4 is 21.5 Å². The average molecular weight is 303 g/mol. The molecule has 1 atom stereocenters. The second-order valence-corrected chi connectivity index (χ2v) is 7.05. The lowest BCUT2D eigenvalue weighted by Gasteiger charge is -2.35. The summed E-state index contributed by atoms with van der Waals surface area (Å²) in [5.41, 5.74) is 7.43. The van der Waals surface area contributed by atoms with E-state index in [0.29, 0.717) is 0 Å². The van der Waals surface area contributed by atoms with Crippen molar-refractivity contribution in [3.05, 3.63) is 48.2 Å². The van der Waals surface area contributed by atoms with Crippen molar-refractivity contribution in [2.75, 3.05) is 10.0 Å². The third-order valence-electron chi connectivity index (χ3n) is 3.77. The van der Waals surface area contributed by atoms with Crippen molar-refractivity contribution in [2.24, 2.45) is 0 Å². The lowest BCUT2D eigenvalue weighted by molar-refractivity contribution is 0.563. The molecule has 0 saturated carbocycles. The molecule has 0 aliphatic carbocycles. The van der Waals surface area contributed by atoms with Gasteiger partial charge in [-0.1, -0.05) is 18.2 Å². The zero-order chi connectivity index (χ0) is 15.0. The van der Waals surface area contributed by atoms with Gasteiger partial charge >= 0.3 is 0 Å². The van der Waals surface area contributed by atoms with Crippen LogP contribution in [0.25, 0.3) is 0 Å². The maximum absolute atomic E-state index is 13.0. The summed E-state index contributed by atoms with van der Waals surface area (Å²) in [5.74, 6) is 0.203. The number of fused-ring (bicyclic) bond motifs is 1. The van der Waals surface area contributed by atoms with E-state index in [9.17, 15) is 8.42 Å². The van der Waals surface area contributed by atoms with Crippen LogP contribution in [0.4, 0.5) is 11.5 Å². The SMILES string of the molecule is CC1CCc2ccccc2N1S(=O)(=O)c1ccnc(N)c1. The number of nitrogen functional groups attached to an aromatic ring is 1. The number of rotatable bonds is 2. The number of para-hydroxylation sites is 1. The van der Waals surface area contributed by atoms with E-state index in [1.807, 2.05) is 31.2 Å². The van der Waals surface area contributed by atoms with Crippen molar-refractivity contribution < 1.29 is 8.42 Å². The largest absolute Gasteiger partial charge is 0.384 e.